The number of hydrogen-bond donors (Lipinski definition) is 1. The van der Waals surface area contributed by atoms with Crippen LogP contribution in [0.2, 0.25) is 0 Å². The third-order valence-corrected chi connectivity index (χ3v) is 4.45. The van der Waals surface area contributed by atoms with Crippen LogP contribution < -0.4 is 5.32 Å². The van der Waals surface area contributed by atoms with Gasteiger partial charge in [-0.1, -0.05) is 11.2 Å². The molecule has 0 fully saturated rings. The van der Waals surface area contributed by atoms with E-state index in [0.717, 1.165) is 29.5 Å². The average Bonchev–Trinajstić information content (AvgIpc) is 3.35. The van der Waals surface area contributed by atoms with Gasteiger partial charge >= 0.3 is 0 Å². The van der Waals surface area contributed by atoms with Gasteiger partial charge in [0.05, 0.1) is 0 Å². The van der Waals surface area contributed by atoms with E-state index in [0.29, 0.717) is 22.8 Å². The number of nitrogens with zero attached hydrogens (tertiary/aromatic N) is 4. The molecule has 1 N–H and O–H groups in total. The Morgan fingerprint density at radius 1 is 1.11 bits per heavy atom. The average molecular weight is 399 g/mol. The van der Waals surface area contributed by atoms with E-state index in [1.807, 2.05) is 0 Å². The lowest BCUT2D eigenvalue weighted by atomic mass is 10.2. The van der Waals surface area contributed by atoms with Gasteiger partial charge in [-0.3, -0.25) is 9.78 Å². The predicted molar refractivity (Wildman–Crippen MR) is 96.2 cm³/mol. The van der Waals surface area contributed by atoms with Crippen LogP contribution in [0.1, 0.15) is 15.4 Å². The molecule has 3 aromatic heterocycles. The Morgan fingerprint density at radius 3 is 2.68 bits per heavy atom. The second kappa shape index (κ2) is 7.61. The number of nitrogens with one attached hydrogen (secondary N) is 1. The minimum absolute atomic E-state index is 0.0349. The molecule has 0 saturated carbocycles. The number of hydrogen-bond acceptors (Lipinski definition) is 7. The maximum Gasteiger partial charge on any atom is 0.280 e. The summed E-state index contributed by atoms with van der Waals surface area (Å²) in [5.74, 6) is -1.43. The summed E-state index contributed by atoms with van der Waals surface area (Å²) >= 11 is 1.08. The number of amides is 1. The first-order chi connectivity index (χ1) is 13.6. The normalized spacial score (nSPS) is 10.8. The van der Waals surface area contributed by atoms with Crippen molar-refractivity contribution in [3.8, 4) is 23.1 Å². The first kappa shape index (κ1) is 17.9. The van der Waals surface area contributed by atoms with Gasteiger partial charge in [0.1, 0.15) is 23.0 Å². The van der Waals surface area contributed by atoms with Gasteiger partial charge in [-0.05, 0) is 29.8 Å². The number of thiazole rings is 1. The van der Waals surface area contributed by atoms with Crippen LogP contribution in [0.4, 0.5) is 8.78 Å². The van der Waals surface area contributed by atoms with Crippen molar-refractivity contribution < 1.29 is 18.1 Å². The predicted octanol–water partition coefficient (Wildman–Crippen LogP) is 3.46. The molecule has 0 atom stereocenters. The molecule has 0 aliphatic rings. The Kier molecular flexibility index (Phi) is 4.85. The van der Waals surface area contributed by atoms with Gasteiger partial charge in [-0.15, -0.1) is 11.3 Å². The van der Waals surface area contributed by atoms with Crippen LogP contribution in [-0.2, 0) is 6.54 Å². The van der Waals surface area contributed by atoms with Crippen molar-refractivity contribution in [2.24, 2.45) is 0 Å². The first-order valence-corrected chi connectivity index (χ1v) is 8.90. The molecule has 0 aliphatic carbocycles. The smallest absolute Gasteiger partial charge is 0.280 e. The lowest BCUT2D eigenvalue weighted by molar-refractivity contribution is 0.0950. The van der Waals surface area contributed by atoms with Crippen LogP contribution in [-0.4, -0.2) is 26.0 Å². The van der Waals surface area contributed by atoms with E-state index in [1.165, 1.54) is 0 Å². The van der Waals surface area contributed by atoms with Crippen molar-refractivity contribution in [3.05, 3.63) is 70.2 Å². The fraction of sp³-hybridized carbons (Fsp3) is 0.0556. The van der Waals surface area contributed by atoms with Gasteiger partial charge < -0.3 is 9.84 Å². The Hall–Kier alpha value is -3.53. The summed E-state index contributed by atoms with van der Waals surface area (Å²) < 4.78 is 31.6. The number of carbonyl (C=O) groups is 1. The second-order valence-corrected chi connectivity index (χ2v) is 6.49. The molecule has 0 spiro atoms. The van der Waals surface area contributed by atoms with Crippen LogP contribution in [0.5, 0.6) is 0 Å². The zero-order valence-corrected chi connectivity index (χ0v) is 14.9. The Labute approximate surface area is 161 Å². The first-order valence-electron chi connectivity index (χ1n) is 8.02. The molecule has 0 aliphatic heterocycles. The van der Waals surface area contributed by atoms with Crippen molar-refractivity contribution >= 4 is 17.2 Å². The number of carbonyl (C=O) groups excluding carboxylic acids is 1. The van der Waals surface area contributed by atoms with Crippen molar-refractivity contribution in [2.75, 3.05) is 0 Å². The molecule has 0 radical (unpaired) electrons. The molecule has 1 amide bonds. The van der Waals surface area contributed by atoms with E-state index in [4.69, 9.17) is 4.52 Å². The van der Waals surface area contributed by atoms with Crippen molar-refractivity contribution in [2.45, 2.75) is 6.54 Å². The molecule has 7 nitrogen and oxygen atoms in total. The quantitative estimate of drug-likeness (QED) is 0.552. The largest absolute Gasteiger partial charge is 0.346 e. The molecule has 28 heavy (non-hydrogen) atoms. The monoisotopic (exact) mass is 399 g/mol. The maximum atomic E-state index is 13.2. The third kappa shape index (κ3) is 3.91. The summed E-state index contributed by atoms with van der Waals surface area (Å²) in [5.41, 5.74) is 1.20. The summed E-state index contributed by atoms with van der Waals surface area (Å²) in [6.07, 6.45) is 1.61. The summed E-state index contributed by atoms with van der Waals surface area (Å²) in [7, 11) is 0. The molecule has 140 valence electrons. The highest BCUT2D eigenvalue weighted by Crippen LogP contribution is 2.23. The number of halogens is 2. The Morgan fingerprint density at radius 2 is 1.93 bits per heavy atom. The molecule has 0 bridgehead atoms. The van der Waals surface area contributed by atoms with Gasteiger partial charge in [0, 0.05) is 24.2 Å². The molecular weight excluding hydrogens is 388 g/mol. The number of benzene rings is 1. The SMILES string of the molecule is O=C(NCc1cc(F)cc(F)c1)c1nc(-c2nc(-c3ccccn3)no2)cs1. The molecule has 3 heterocycles. The summed E-state index contributed by atoms with van der Waals surface area (Å²) in [6.45, 7) is -0.0349. The van der Waals surface area contributed by atoms with Gasteiger partial charge in [0.25, 0.3) is 11.8 Å². The highest BCUT2D eigenvalue weighted by molar-refractivity contribution is 7.12. The molecule has 4 rings (SSSR count). The molecule has 10 heteroatoms. The zero-order valence-electron chi connectivity index (χ0n) is 14.1. The minimum atomic E-state index is -0.708. The van der Waals surface area contributed by atoms with Crippen LogP contribution in [0.15, 0.2) is 52.5 Å². The van der Waals surface area contributed by atoms with Crippen LogP contribution >= 0.6 is 11.3 Å². The summed E-state index contributed by atoms with van der Waals surface area (Å²) in [4.78, 5) is 24.8. The molecule has 1 aromatic carbocycles. The Bertz CT molecular complexity index is 1110. The van der Waals surface area contributed by atoms with E-state index >= 15 is 0 Å². The summed E-state index contributed by atoms with van der Waals surface area (Å²) in [6, 6.07) is 8.37. The molecular formula is C18H11F2N5O2S. The van der Waals surface area contributed by atoms with Crippen LogP contribution in [0, 0.1) is 11.6 Å². The van der Waals surface area contributed by atoms with Gasteiger partial charge in [-0.25, -0.2) is 13.8 Å². The van der Waals surface area contributed by atoms with E-state index < -0.39 is 17.5 Å². The lowest BCUT2D eigenvalue weighted by Gasteiger charge is -2.03. The summed E-state index contributed by atoms with van der Waals surface area (Å²) in [5, 5.41) is 8.18. The van der Waals surface area contributed by atoms with Crippen LogP contribution in [0.3, 0.4) is 0 Å². The van der Waals surface area contributed by atoms with Crippen molar-refractivity contribution in [1.29, 1.82) is 0 Å². The highest BCUT2D eigenvalue weighted by Gasteiger charge is 2.17. The van der Waals surface area contributed by atoms with E-state index in [-0.39, 0.29) is 17.4 Å². The highest BCUT2D eigenvalue weighted by atomic mass is 32.1. The zero-order chi connectivity index (χ0) is 19.5. The minimum Gasteiger partial charge on any atom is -0.346 e. The molecule has 0 saturated heterocycles. The van der Waals surface area contributed by atoms with Gasteiger partial charge in [0.2, 0.25) is 5.82 Å². The van der Waals surface area contributed by atoms with E-state index in [1.54, 1.807) is 29.8 Å². The Balaban J connectivity index is 1.45. The van der Waals surface area contributed by atoms with Gasteiger partial charge in [0.15, 0.2) is 5.01 Å². The maximum absolute atomic E-state index is 13.2. The van der Waals surface area contributed by atoms with E-state index in [9.17, 15) is 13.6 Å². The van der Waals surface area contributed by atoms with Crippen LogP contribution in [0.25, 0.3) is 23.1 Å². The fourth-order valence-electron chi connectivity index (χ4n) is 2.37. The standard InChI is InChI=1S/C18H11F2N5O2S/c19-11-5-10(6-12(20)7-11)8-22-16(26)18-23-14(9-28-18)17-24-15(25-27-17)13-3-1-2-4-21-13/h1-7,9H,8H2,(H,22,26). The number of pyridine rings is 1. The molecule has 4 aromatic rings. The van der Waals surface area contributed by atoms with Gasteiger partial charge in [-0.2, -0.15) is 4.98 Å². The van der Waals surface area contributed by atoms with Crippen molar-refractivity contribution in [1.82, 2.24) is 25.4 Å². The second-order valence-electron chi connectivity index (χ2n) is 5.64. The number of rotatable bonds is 5. The van der Waals surface area contributed by atoms with Crippen molar-refractivity contribution in [3.63, 3.8) is 0 Å². The molecule has 0 unspecified atom stereocenters. The number of aromatic nitrogens is 4. The fourth-order valence-corrected chi connectivity index (χ4v) is 3.08. The topological polar surface area (TPSA) is 93.8 Å². The lowest BCUT2D eigenvalue weighted by Crippen LogP contribution is -2.22. The van der Waals surface area contributed by atoms with E-state index in [2.05, 4.69) is 25.4 Å². The third-order valence-electron chi connectivity index (χ3n) is 3.61.